The molecular weight excluding hydrogens is 364 g/mol. The highest BCUT2D eigenvalue weighted by Gasteiger charge is 2.22. The molecule has 0 fully saturated rings. The van der Waals surface area contributed by atoms with E-state index in [9.17, 15) is 14.9 Å². The third-order valence-electron chi connectivity index (χ3n) is 5.26. The van der Waals surface area contributed by atoms with E-state index in [1.807, 2.05) is 60.7 Å². The first-order valence-corrected chi connectivity index (χ1v) is 9.45. The fourth-order valence-electron chi connectivity index (χ4n) is 3.71. The number of para-hydroxylation sites is 1. The van der Waals surface area contributed by atoms with Crippen molar-refractivity contribution < 1.29 is 9.72 Å². The molecule has 1 aliphatic carbocycles. The van der Waals surface area contributed by atoms with Gasteiger partial charge in [-0.25, -0.2) is 0 Å². The predicted octanol–water partition coefficient (Wildman–Crippen LogP) is 5.58. The van der Waals surface area contributed by atoms with Gasteiger partial charge >= 0.3 is 0 Å². The maximum absolute atomic E-state index is 12.8. The van der Waals surface area contributed by atoms with Crippen LogP contribution < -0.4 is 4.90 Å². The normalized spacial score (nSPS) is 14.5. The summed E-state index contributed by atoms with van der Waals surface area (Å²) in [4.78, 5) is 25.9. The van der Waals surface area contributed by atoms with Crippen LogP contribution in [0.3, 0.4) is 0 Å². The minimum Gasteiger partial charge on any atom is -0.339 e. The smallest absolute Gasteiger partial charge is 0.293 e. The highest BCUT2D eigenvalue weighted by molar-refractivity contribution is 6.13. The number of hydrogen-bond acceptors (Lipinski definition) is 4. The highest BCUT2D eigenvalue weighted by Crippen LogP contribution is 2.34. The van der Waals surface area contributed by atoms with Crippen LogP contribution in [0.15, 0.2) is 78.4 Å². The van der Waals surface area contributed by atoms with Crippen LogP contribution >= 0.6 is 0 Å². The number of nitro groups is 1. The summed E-state index contributed by atoms with van der Waals surface area (Å²) in [6, 6.07) is 22.2. The second-order valence-corrected chi connectivity index (χ2v) is 7.06. The van der Waals surface area contributed by atoms with E-state index in [0.29, 0.717) is 23.2 Å². The Morgan fingerprint density at radius 1 is 0.966 bits per heavy atom. The standard InChI is InChI=1S/C24H20N2O3/c1-25(20-8-3-2-4-9-20)22-14-11-17(16-23(22)26(28)29)15-19-13-12-18-7-5-6-10-21(18)24(19)27/h2-11,14-16H,12-13H2,1H3. The molecule has 0 aliphatic heterocycles. The van der Waals surface area contributed by atoms with E-state index in [0.717, 1.165) is 23.2 Å². The van der Waals surface area contributed by atoms with Gasteiger partial charge in [-0.3, -0.25) is 14.9 Å². The van der Waals surface area contributed by atoms with Crippen molar-refractivity contribution >= 4 is 28.9 Å². The Morgan fingerprint density at radius 2 is 1.69 bits per heavy atom. The van der Waals surface area contributed by atoms with Gasteiger partial charge < -0.3 is 4.90 Å². The summed E-state index contributed by atoms with van der Waals surface area (Å²) < 4.78 is 0. The average Bonchev–Trinajstić information content (AvgIpc) is 2.76. The number of rotatable bonds is 4. The zero-order valence-corrected chi connectivity index (χ0v) is 16.0. The molecule has 4 rings (SSSR count). The monoisotopic (exact) mass is 384 g/mol. The van der Waals surface area contributed by atoms with Crippen molar-refractivity contribution in [2.45, 2.75) is 12.8 Å². The number of aryl methyl sites for hydroxylation is 1. The molecule has 3 aromatic carbocycles. The number of carbonyl (C=O) groups excluding carboxylic acids is 1. The summed E-state index contributed by atoms with van der Waals surface area (Å²) in [5, 5.41) is 11.7. The summed E-state index contributed by atoms with van der Waals surface area (Å²) in [5.41, 5.74) is 4.49. The van der Waals surface area contributed by atoms with E-state index in [4.69, 9.17) is 0 Å². The van der Waals surface area contributed by atoms with Crippen LogP contribution in [0.2, 0.25) is 0 Å². The van der Waals surface area contributed by atoms with Crippen LogP contribution in [0.1, 0.15) is 27.9 Å². The summed E-state index contributed by atoms with van der Waals surface area (Å²) in [6.07, 6.45) is 3.21. The Balaban J connectivity index is 1.70. The molecule has 0 spiro atoms. The van der Waals surface area contributed by atoms with Gasteiger partial charge in [-0.2, -0.15) is 0 Å². The molecule has 0 N–H and O–H groups in total. The molecule has 0 amide bonds. The number of allylic oxidation sites excluding steroid dienone is 1. The molecule has 0 saturated carbocycles. The van der Waals surface area contributed by atoms with Crippen LogP contribution in [0.25, 0.3) is 6.08 Å². The molecule has 0 aromatic heterocycles. The minimum atomic E-state index is -0.380. The van der Waals surface area contributed by atoms with E-state index in [2.05, 4.69) is 0 Å². The number of ketones is 1. The molecule has 0 heterocycles. The summed E-state index contributed by atoms with van der Waals surface area (Å²) >= 11 is 0. The number of nitrogens with zero attached hydrogens (tertiary/aromatic N) is 2. The lowest BCUT2D eigenvalue weighted by Crippen LogP contribution is -2.14. The number of anilines is 2. The summed E-state index contributed by atoms with van der Waals surface area (Å²) in [7, 11) is 1.80. The topological polar surface area (TPSA) is 63.5 Å². The average molecular weight is 384 g/mol. The van der Waals surface area contributed by atoms with Gasteiger partial charge in [0.15, 0.2) is 5.78 Å². The summed E-state index contributed by atoms with van der Waals surface area (Å²) in [6.45, 7) is 0. The summed E-state index contributed by atoms with van der Waals surface area (Å²) in [5.74, 6) is -0.0000156. The fourth-order valence-corrected chi connectivity index (χ4v) is 3.71. The molecular formula is C24H20N2O3. The zero-order valence-electron chi connectivity index (χ0n) is 16.0. The lowest BCUT2D eigenvalue weighted by Gasteiger charge is -2.20. The van der Waals surface area contributed by atoms with Crippen LogP contribution in [0.4, 0.5) is 17.1 Å². The van der Waals surface area contributed by atoms with Gasteiger partial charge in [0.05, 0.1) is 4.92 Å². The molecule has 0 saturated heterocycles. The van der Waals surface area contributed by atoms with Crippen LogP contribution in [0, 0.1) is 10.1 Å². The first-order chi connectivity index (χ1) is 14.0. The van der Waals surface area contributed by atoms with Crippen molar-refractivity contribution in [2.24, 2.45) is 0 Å². The molecule has 5 nitrogen and oxygen atoms in total. The van der Waals surface area contributed by atoms with Crippen molar-refractivity contribution in [1.29, 1.82) is 0 Å². The van der Waals surface area contributed by atoms with Crippen LogP contribution in [0.5, 0.6) is 0 Å². The first-order valence-electron chi connectivity index (χ1n) is 9.45. The molecule has 0 radical (unpaired) electrons. The second-order valence-electron chi connectivity index (χ2n) is 7.06. The van der Waals surface area contributed by atoms with Crippen molar-refractivity contribution in [1.82, 2.24) is 0 Å². The predicted molar refractivity (Wildman–Crippen MR) is 115 cm³/mol. The van der Waals surface area contributed by atoms with Gasteiger partial charge in [0.25, 0.3) is 5.69 Å². The van der Waals surface area contributed by atoms with E-state index < -0.39 is 0 Å². The number of benzene rings is 3. The highest BCUT2D eigenvalue weighted by atomic mass is 16.6. The third kappa shape index (κ3) is 3.67. The van der Waals surface area contributed by atoms with Gasteiger partial charge in [-0.05, 0) is 48.2 Å². The van der Waals surface area contributed by atoms with Gasteiger partial charge in [0.2, 0.25) is 0 Å². The maximum Gasteiger partial charge on any atom is 0.293 e. The lowest BCUT2D eigenvalue weighted by atomic mass is 9.86. The molecule has 29 heavy (non-hydrogen) atoms. The maximum atomic E-state index is 12.8. The van der Waals surface area contributed by atoms with Gasteiger partial charge in [-0.1, -0.05) is 48.5 Å². The van der Waals surface area contributed by atoms with Crippen LogP contribution in [-0.2, 0) is 6.42 Å². The van der Waals surface area contributed by atoms with Crippen molar-refractivity contribution in [3.63, 3.8) is 0 Å². The quantitative estimate of drug-likeness (QED) is 0.335. The molecule has 5 heteroatoms. The Kier molecular flexibility index (Phi) is 4.96. The van der Waals surface area contributed by atoms with Gasteiger partial charge in [0.1, 0.15) is 5.69 Å². The number of fused-ring (bicyclic) bond motifs is 1. The molecule has 144 valence electrons. The van der Waals surface area contributed by atoms with E-state index in [-0.39, 0.29) is 16.4 Å². The lowest BCUT2D eigenvalue weighted by molar-refractivity contribution is -0.384. The van der Waals surface area contributed by atoms with Crippen molar-refractivity contribution in [3.05, 3.63) is 105 Å². The second kappa shape index (κ2) is 7.72. The molecule has 0 unspecified atom stereocenters. The van der Waals surface area contributed by atoms with Crippen molar-refractivity contribution in [3.8, 4) is 0 Å². The Morgan fingerprint density at radius 3 is 2.45 bits per heavy atom. The SMILES string of the molecule is CN(c1ccccc1)c1ccc(C=C2CCc3ccccc3C2=O)cc1[N+](=O)[O-]. The number of hydrogen-bond donors (Lipinski definition) is 0. The molecule has 1 aliphatic rings. The zero-order chi connectivity index (χ0) is 20.4. The first kappa shape index (κ1) is 18.6. The Labute approximate surface area is 169 Å². The number of Topliss-reactive ketones (excluding diaryl/α,β-unsaturated/α-hetero) is 1. The van der Waals surface area contributed by atoms with Crippen LogP contribution in [-0.4, -0.2) is 17.8 Å². The molecule has 0 bridgehead atoms. The third-order valence-corrected chi connectivity index (χ3v) is 5.26. The molecule has 3 aromatic rings. The van der Waals surface area contributed by atoms with E-state index in [1.165, 1.54) is 6.07 Å². The van der Waals surface area contributed by atoms with Gasteiger partial charge in [0, 0.05) is 29.9 Å². The Bertz CT molecular complexity index is 1120. The number of carbonyl (C=O) groups is 1. The van der Waals surface area contributed by atoms with E-state index in [1.54, 1.807) is 24.1 Å². The van der Waals surface area contributed by atoms with Gasteiger partial charge in [-0.15, -0.1) is 0 Å². The minimum absolute atomic E-state index is 0.0000156. The fraction of sp³-hybridized carbons (Fsp3) is 0.125. The van der Waals surface area contributed by atoms with Crippen molar-refractivity contribution in [2.75, 3.05) is 11.9 Å². The van der Waals surface area contributed by atoms with E-state index >= 15 is 0 Å². The molecule has 0 atom stereocenters. The Hall–Kier alpha value is -3.73. The largest absolute Gasteiger partial charge is 0.339 e. The number of nitro benzene ring substituents is 1.